The van der Waals surface area contributed by atoms with Gasteiger partial charge in [0.1, 0.15) is 12.4 Å². The van der Waals surface area contributed by atoms with Crippen molar-refractivity contribution >= 4 is 40.1 Å². The number of aromatic nitrogens is 2. The monoisotopic (exact) mass is 432 g/mol. The molecule has 0 bridgehead atoms. The van der Waals surface area contributed by atoms with Crippen LogP contribution in [0.25, 0.3) is 11.0 Å². The van der Waals surface area contributed by atoms with Crippen LogP contribution in [0.4, 0.5) is 5.69 Å². The zero-order valence-electron chi connectivity index (χ0n) is 16.7. The number of benzene rings is 3. The van der Waals surface area contributed by atoms with Gasteiger partial charge in [-0.2, -0.15) is 0 Å². The van der Waals surface area contributed by atoms with Crippen LogP contribution in [0.1, 0.15) is 16.2 Å². The van der Waals surface area contributed by atoms with E-state index in [-0.39, 0.29) is 18.4 Å². The summed E-state index contributed by atoms with van der Waals surface area (Å²) in [5, 5.41) is 6.24. The minimum absolute atomic E-state index is 0.0910. The van der Waals surface area contributed by atoms with Crippen molar-refractivity contribution < 1.29 is 9.59 Å². The summed E-state index contributed by atoms with van der Waals surface area (Å²) in [4.78, 5) is 29.7. The molecule has 3 aromatic carbocycles. The zero-order valence-corrected chi connectivity index (χ0v) is 17.5. The van der Waals surface area contributed by atoms with E-state index in [1.165, 1.54) is 0 Å². The summed E-state index contributed by atoms with van der Waals surface area (Å²) in [6, 6.07) is 23.8. The van der Waals surface area contributed by atoms with Gasteiger partial charge in [0.2, 0.25) is 5.91 Å². The van der Waals surface area contributed by atoms with E-state index < -0.39 is 0 Å². The van der Waals surface area contributed by atoms with Crippen molar-refractivity contribution in [1.82, 2.24) is 14.9 Å². The molecule has 0 radical (unpaired) electrons. The van der Waals surface area contributed by atoms with Crippen molar-refractivity contribution in [2.75, 3.05) is 11.9 Å². The molecule has 1 aromatic heterocycles. The van der Waals surface area contributed by atoms with Crippen molar-refractivity contribution in [3.63, 3.8) is 0 Å². The highest BCUT2D eigenvalue weighted by molar-refractivity contribution is 6.33. The summed E-state index contributed by atoms with van der Waals surface area (Å²) in [7, 11) is 0. The predicted octanol–water partition coefficient (Wildman–Crippen LogP) is 4.30. The molecular formula is C24H21ClN4O2. The topological polar surface area (TPSA) is 76.0 Å². The van der Waals surface area contributed by atoms with E-state index in [2.05, 4.69) is 15.6 Å². The Hall–Kier alpha value is -3.64. The second-order valence-electron chi connectivity index (χ2n) is 7.00. The average Bonchev–Trinajstić information content (AvgIpc) is 3.13. The first-order chi connectivity index (χ1) is 15.1. The first-order valence-electron chi connectivity index (χ1n) is 9.93. The Balaban J connectivity index is 1.48. The molecule has 0 saturated carbocycles. The summed E-state index contributed by atoms with van der Waals surface area (Å²) in [6.45, 7) is 0.497. The van der Waals surface area contributed by atoms with Gasteiger partial charge in [-0.25, -0.2) is 4.98 Å². The lowest BCUT2D eigenvalue weighted by atomic mass is 10.2. The fraction of sp³-hybridized carbons (Fsp3) is 0.125. The maximum atomic E-state index is 12.7. The first kappa shape index (κ1) is 20.6. The second-order valence-corrected chi connectivity index (χ2v) is 7.41. The standard InChI is InChI=1S/C24H21ClN4O2/c25-18-10-4-5-11-19(18)28-23(30)16-29-21-13-7-6-12-20(21)27-22(29)14-15-26-24(31)17-8-2-1-3-9-17/h1-13H,14-16H2,(H,26,31)(H,28,30). The van der Waals surface area contributed by atoms with Crippen molar-refractivity contribution in [2.24, 2.45) is 0 Å². The number of amides is 2. The number of imidazole rings is 1. The number of para-hydroxylation sites is 3. The number of anilines is 1. The molecule has 1 heterocycles. The highest BCUT2D eigenvalue weighted by Crippen LogP contribution is 2.21. The molecule has 6 nitrogen and oxygen atoms in total. The Morgan fingerprint density at radius 2 is 1.61 bits per heavy atom. The molecule has 0 fully saturated rings. The van der Waals surface area contributed by atoms with E-state index in [9.17, 15) is 9.59 Å². The maximum absolute atomic E-state index is 12.7. The van der Waals surface area contributed by atoms with Gasteiger partial charge < -0.3 is 15.2 Å². The van der Waals surface area contributed by atoms with Gasteiger partial charge in [-0.05, 0) is 36.4 Å². The molecule has 156 valence electrons. The number of carbonyl (C=O) groups excluding carboxylic acids is 2. The number of carbonyl (C=O) groups is 2. The highest BCUT2D eigenvalue weighted by Gasteiger charge is 2.15. The largest absolute Gasteiger partial charge is 0.352 e. The van der Waals surface area contributed by atoms with E-state index in [0.717, 1.165) is 16.9 Å². The summed E-state index contributed by atoms with van der Waals surface area (Å²) in [5.74, 6) is 0.384. The molecule has 4 rings (SSSR count). The summed E-state index contributed by atoms with van der Waals surface area (Å²) in [6.07, 6.45) is 0.493. The van der Waals surface area contributed by atoms with Crippen LogP contribution in [0.3, 0.4) is 0 Å². The van der Waals surface area contributed by atoms with Crippen molar-refractivity contribution in [1.29, 1.82) is 0 Å². The molecule has 0 aliphatic carbocycles. The van der Waals surface area contributed by atoms with Gasteiger partial charge in [0.05, 0.1) is 21.7 Å². The number of halogens is 1. The van der Waals surface area contributed by atoms with Crippen molar-refractivity contribution in [2.45, 2.75) is 13.0 Å². The quantitative estimate of drug-likeness (QED) is 0.457. The zero-order chi connectivity index (χ0) is 21.6. The third-order valence-corrected chi connectivity index (χ3v) is 5.18. The lowest BCUT2D eigenvalue weighted by molar-refractivity contribution is -0.116. The lowest BCUT2D eigenvalue weighted by Crippen LogP contribution is -2.27. The molecule has 2 amide bonds. The number of nitrogens with zero attached hydrogens (tertiary/aromatic N) is 2. The fourth-order valence-corrected chi connectivity index (χ4v) is 3.55. The first-order valence-corrected chi connectivity index (χ1v) is 10.3. The minimum atomic E-state index is -0.203. The Labute approximate surface area is 184 Å². The highest BCUT2D eigenvalue weighted by atomic mass is 35.5. The predicted molar refractivity (Wildman–Crippen MR) is 122 cm³/mol. The second kappa shape index (κ2) is 9.45. The number of hydrogen-bond donors (Lipinski definition) is 2. The fourth-order valence-electron chi connectivity index (χ4n) is 3.37. The van der Waals surface area contributed by atoms with Crippen LogP contribution >= 0.6 is 11.6 Å². The number of rotatable bonds is 7. The maximum Gasteiger partial charge on any atom is 0.251 e. The molecule has 0 aliphatic heterocycles. The molecule has 0 spiro atoms. The molecule has 4 aromatic rings. The van der Waals surface area contributed by atoms with Crippen LogP contribution in [0, 0.1) is 0 Å². The summed E-state index contributed by atoms with van der Waals surface area (Å²) < 4.78 is 1.87. The van der Waals surface area contributed by atoms with E-state index in [1.54, 1.807) is 24.3 Å². The minimum Gasteiger partial charge on any atom is -0.352 e. The van der Waals surface area contributed by atoms with Crippen LogP contribution in [0.2, 0.25) is 5.02 Å². The van der Waals surface area contributed by atoms with Gasteiger partial charge in [-0.15, -0.1) is 0 Å². The van der Waals surface area contributed by atoms with Gasteiger partial charge >= 0.3 is 0 Å². The Morgan fingerprint density at radius 3 is 2.42 bits per heavy atom. The van der Waals surface area contributed by atoms with Crippen LogP contribution in [-0.2, 0) is 17.8 Å². The number of hydrogen-bond acceptors (Lipinski definition) is 3. The van der Waals surface area contributed by atoms with E-state index in [1.807, 2.05) is 59.2 Å². The summed E-state index contributed by atoms with van der Waals surface area (Å²) >= 11 is 6.15. The molecule has 0 aliphatic rings. The molecule has 0 saturated heterocycles. The Morgan fingerprint density at radius 1 is 0.903 bits per heavy atom. The third-order valence-electron chi connectivity index (χ3n) is 4.85. The van der Waals surface area contributed by atoms with Crippen molar-refractivity contribution in [3.8, 4) is 0 Å². The molecule has 2 N–H and O–H groups in total. The Bertz CT molecular complexity index is 1220. The normalized spacial score (nSPS) is 10.7. The summed E-state index contributed by atoms with van der Waals surface area (Å²) in [5.41, 5.74) is 2.84. The van der Waals surface area contributed by atoms with E-state index in [0.29, 0.717) is 29.2 Å². The van der Waals surface area contributed by atoms with Gasteiger partial charge in [-0.3, -0.25) is 9.59 Å². The van der Waals surface area contributed by atoms with Crippen LogP contribution < -0.4 is 10.6 Å². The number of fused-ring (bicyclic) bond motifs is 1. The van der Waals surface area contributed by atoms with Crippen LogP contribution in [-0.4, -0.2) is 27.9 Å². The molecule has 0 atom stereocenters. The molecular weight excluding hydrogens is 412 g/mol. The van der Waals surface area contributed by atoms with Gasteiger partial charge in [-0.1, -0.05) is 54.1 Å². The van der Waals surface area contributed by atoms with E-state index >= 15 is 0 Å². The number of nitrogens with one attached hydrogen (secondary N) is 2. The SMILES string of the molecule is O=C(Cn1c(CCNC(=O)c2ccccc2)nc2ccccc21)Nc1ccccc1Cl. The van der Waals surface area contributed by atoms with Crippen LogP contribution in [0.15, 0.2) is 78.9 Å². The molecule has 31 heavy (non-hydrogen) atoms. The van der Waals surface area contributed by atoms with Gasteiger partial charge in [0.25, 0.3) is 5.91 Å². The smallest absolute Gasteiger partial charge is 0.251 e. The molecule has 7 heteroatoms. The average molecular weight is 433 g/mol. The van der Waals surface area contributed by atoms with Crippen molar-refractivity contribution in [3.05, 3.63) is 95.3 Å². The molecule has 0 unspecified atom stereocenters. The van der Waals surface area contributed by atoms with Gasteiger partial charge in [0.15, 0.2) is 0 Å². The Kier molecular flexibility index (Phi) is 6.29. The third kappa shape index (κ3) is 4.92. The lowest BCUT2D eigenvalue weighted by Gasteiger charge is -2.11. The van der Waals surface area contributed by atoms with Gasteiger partial charge in [0, 0.05) is 18.5 Å². The van der Waals surface area contributed by atoms with Crippen LogP contribution in [0.5, 0.6) is 0 Å². The van der Waals surface area contributed by atoms with E-state index in [4.69, 9.17) is 11.6 Å².